The second-order valence-electron chi connectivity index (χ2n) is 4.20. The first-order valence-corrected chi connectivity index (χ1v) is 7.43. The van der Waals surface area contributed by atoms with Gasteiger partial charge < -0.3 is 15.4 Å². The van der Waals surface area contributed by atoms with Crippen molar-refractivity contribution in [2.24, 2.45) is 0 Å². The molecular formula is C14H12BrF2N3OS. The van der Waals surface area contributed by atoms with Gasteiger partial charge in [0.2, 0.25) is 0 Å². The molecule has 4 nitrogen and oxygen atoms in total. The molecule has 0 unspecified atom stereocenters. The third-order valence-electron chi connectivity index (χ3n) is 2.55. The molecule has 0 atom stereocenters. The number of alkyl halides is 2. The van der Waals surface area contributed by atoms with Gasteiger partial charge in [0.05, 0.1) is 0 Å². The number of pyridine rings is 1. The van der Waals surface area contributed by atoms with Crippen LogP contribution in [0.2, 0.25) is 0 Å². The van der Waals surface area contributed by atoms with Gasteiger partial charge >= 0.3 is 6.61 Å². The minimum atomic E-state index is -2.84. The fraction of sp³-hybridized carbons (Fsp3) is 0.143. The summed E-state index contributed by atoms with van der Waals surface area (Å²) in [5, 5.41) is 6.28. The summed E-state index contributed by atoms with van der Waals surface area (Å²) in [6, 6.07) is 10.0. The van der Waals surface area contributed by atoms with Crippen molar-refractivity contribution in [2.45, 2.75) is 13.2 Å². The largest absolute Gasteiger partial charge is 0.435 e. The number of nitrogens with one attached hydrogen (secondary N) is 2. The van der Waals surface area contributed by atoms with Gasteiger partial charge in [0, 0.05) is 17.2 Å². The normalized spacial score (nSPS) is 10.4. The summed E-state index contributed by atoms with van der Waals surface area (Å²) in [5.41, 5.74) is 0.770. The molecule has 0 aliphatic rings. The van der Waals surface area contributed by atoms with Crippen LogP contribution in [0.1, 0.15) is 5.56 Å². The third-order valence-corrected chi connectivity index (χ3v) is 3.26. The lowest BCUT2D eigenvalue weighted by Crippen LogP contribution is -2.28. The van der Waals surface area contributed by atoms with E-state index in [1.54, 1.807) is 24.4 Å². The topological polar surface area (TPSA) is 46.2 Å². The van der Waals surface area contributed by atoms with Crippen LogP contribution in [0.4, 0.5) is 14.6 Å². The maximum Gasteiger partial charge on any atom is 0.387 e. The summed E-state index contributed by atoms with van der Waals surface area (Å²) >= 11 is 8.44. The minimum Gasteiger partial charge on any atom is -0.435 e. The van der Waals surface area contributed by atoms with Gasteiger partial charge in [0.1, 0.15) is 11.6 Å². The maximum atomic E-state index is 12.2. The van der Waals surface area contributed by atoms with Crippen LogP contribution < -0.4 is 15.4 Å². The lowest BCUT2D eigenvalue weighted by atomic mass is 10.2. The monoisotopic (exact) mass is 387 g/mol. The Labute approximate surface area is 140 Å². The first-order chi connectivity index (χ1) is 10.5. The van der Waals surface area contributed by atoms with Gasteiger partial charge in [0.25, 0.3) is 0 Å². The van der Waals surface area contributed by atoms with E-state index in [0.29, 0.717) is 17.5 Å². The van der Waals surface area contributed by atoms with E-state index >= 15 is 0 Å². The summed E-state index contributed by atoms with van der Waals surface area (Å²) in [6.07, 6.45) is 1.65. The van der Waals surface area contributed by atoms with E-state index in [0.717, 1.165) is 10.0 Å². The SMILES string of the molecule is FC(F)Oc1cccc(CNC(=S)Nc2ccc(Br)cn2)c1. The number of benzene rings is 1. The summed E-state index contributed by atoms with van der Waals surface area (Å²) in [4.78, 5) is 4.13. The number of thiocarbonyl (C=S) groups is 1. The number of nitrogens with zero attached hydrogens (tertiary/aromatic N) is 1. The molecule has 0 bridgehead atoms. The van der Waals surface area contributed by atoms with Crippen molar-refractivity contribution in [3.63, 3.8) is 0 Å². The number of hydrogen-bond donors (Lipinski definition) is 2. The average molecular weight is 388 g/mol. The Kier molecular flexibility index (Phi) is 6.02. The van der Waals surface area contributed by atoms with Crippen molar-refractivity contribution >= 4 is 39.1 Å². The lowest BCUT2D eigenvalue weighted by molar-refractivity contribution is -0.0498. The Bertz CT molecular complexity index is 640. The van der Waals surface area contributed by atoms with Crippen molar-refractivity contribution in [2.75, 3.05) is 5.32 Å². The zero-order valence-corrected chi connectivity index (χ0v) is 13.6. The van der Waals surface area contributed by atoms with E-state index in [4.69, 9.17) is 12.2 Å². The molecule has 1 heterocycles. The molecule has 0 amide bonds. The molecule has 0 fully saturated rings. The second-order valence-corrected chi connectivity index (χ2v) is 5.52. The Morgan fingerprint density at radius 1 is 1.32 bits per heavy atom. The van der Waals surface area contributed by atoms with Crippen molar-refractivity contribution in [3.8, 4) is 5.75 Å². The minimum absolute atomic E-state index is 0.114. The first kappa shape index (κ1) is 16.6. The summed E-state index contributed by atoms with van der Waals surface area (Å²) in [5.74, 6) is 0.721. The van der Waals surface area contributed by atoms with Gasteiger partial charge in [0.15, 0.2) is 5.11 Å². The molecule has 22 heavy (non-hydrogen) atoms. The molecule has 1 aromatic carbocycles. The zero-order chi connectivity index (χ0) is 15.9. The number of rotatable bonds is 5. The highest BCUT2D eigenvalue weighted by Crippen LogP contribution is 2.16. The molecule has 0 saturated heterocycles. The average Bonchev–Trinajstić information content (AvgIpc) is 2.47. The summed E-state index contributed by atoms with van der Waals surface area (Å²) < 4.78 is 29.5. The molecule has 0 radical (unpaired) electrons. The van der Waals surface area contributed by atoms with Gasteiger partial charge in [-0.3, -0.25) is 0 Å². The van der Waals surface area contributed by atoms with Crippen LogP contribution in [0.3, 0.4) is 0 Å². The van der Waals surface area contributed by atoms with Gasteiger partial charge in [-0.2, -0.15) is 8.78 Å². The molecule has 0 saturated carbocycles. The van der Waals surface area contributed by atoms with Crippen LogP contribution in [0.15, 0.2) is 47.1 Å². The fourth-order valence-electron chi connectivity index (χ4n) is 1.62. The van der Waals surface area contributed by atoms with E-state index in [9.17, 15) is 8.78 Å². The molecule has 0 aliphatic heterocycles. The van der Waals surface area contributed by atoms with E-state index in [1.807, 2.05) is 6.07 Å². The van der Waals surface area contributed by atoms with E-state index in [-0.39, 0.29) is 5.75 Å². The van der Waals surface area contributed by atoms with Crippen LogP contribution in [0, 0.1) is 0 Å². The predicted octanol–water partition coefficient (Wildman–Crippen LogP) is 3.93. The lowest BCUT2D eigenvalue weighted by Gasteiger charge is -2.11. The van der Waals surface area contributed by atoms with E-state index in [2.05, 4.69) is 36.3 Å². The smallest absolute Gasteiger partial charge is 0.387 e. The molecule has 2 rings (SSSR count). The zero-order valence-electron chi connectivity index (χ0n) is 11.2. The highest BCUT2D eigenvalue weighted by molar-refractivity contribution is 9.10. The quantitative estimate of drug-likeness (QED) is 0.761. The van der Waals surface area contributed by atoms with Gasteiger partial charge in [-0.1, -0.05) is 12.1 Å². The van der Waals surface area contributed by atoms with E-state index in [1.165, 1.54) is 12.1 Å². The molecule has 2 N–H and O–H groups in total. The second kappa shape index (κ2) is 8.00. The Balaban J connectivity index is 1.86. The predicted molar refractivity (Wildman–Crippen MR) is 88.1 cm³/mol. The van der Waals surface area contributed by atoms with Crippen molar-refractivity contribution in [3.05, 3.63) is 52.6 Å². The number of anilines is 1. The molecule has 8 heteroatoms. The first-order valence-electron chi connectivity index (χ1n) is 6.23. The van der Waals surface area contributed by atoms with Crippen LogP contribution >= 0.6 is 28.1 Å². The van der Waals surface area contributed by atoms with Gasteiger partial charge in [-0.15, -0.1) is 0 Å². The van der Waals surface area contributed by atoms with Crippen molar-refractivity contribution in [1.29, 1.82) is 0 Å². The van der Waals surface area contributed by atoms with Crippen LogP contribution in [-0.4, -0.2) is 16.7 Å². The Morgan fingerprint density at radius 3 is 2.82 bits per heavy atom. The van der Waals surface area contributed by atoms with Gasteiger partial charge in [-0.25, -0.2) is 4.98 Å². The van der Waals surface area contributed by atoms with Crippen LogP contribution in [0.25, 0.3) is 0 Å². The number of hydrogen-bond acceptors (Lipinski definition) is 3. The van der Waals surface area contributed by atoms with Crippen molar-refractivity contribution < 1.29 is 13.5 Å². The molecule has 116 valence electrons. The summed E-state index contributed by atoms with van der Waals surface area (Å²) in [6.45, 7) is -2.46. The highest BCUT2D eigenvalue weighted by atomic mass is 79.9. The van der Waals surface area contributed by atoms with Crippen LogP contribution in [0.5, 0.6) is 5.75 Å². The third kappa shape index (κ3) is 5.53. The van der Waals surface area contributed by atoms with Crippen LogP contribution in [-0.2, 0) is 6.54 Å². The van der Waals surface area contributed by atoms with E-state index < -0.39 is 6.61 Å². The molecular weight excluding hydrogens is 376 g/mol. The molecule has 1 aromatic heterocycles. The van der Waals surface area contributed by atoms with Crippen molar-refractivity contribution in [1.82, 2.24) is 10.3 Å². The number of aromatic nitrogens is 1. The number of halogens is 3. The molecule has 0 aliphatic carbocycles. The maximum absolute atomic E-state index is 12.2. The molecule has 2 aromatic rings. The standard InChI is InChI=1S/C14H12BrF2N3OS/c15-10-4-5-12(18-8-10)20-14(22)19-7-9-2-1-3-11(6-9)21-13(16)17/h1-6,8,13H,7H2,(H2,18,19,20,22). The number of ether oxygens (including phenoxy) is 1. The Morgan fingerprint density at radius 2 is 2.14 bits per heavy atom. The van der Waals surface area contributed by atoms with Gasteiger partial charge in [-0.05, 0) is 58.0 Å². The summed E-state index contributed by atoms with van der Waals surface area (Å²) in [7, 11) is 0. The molecule has 0 spiro atoms. The highest BCUT2D eigenvalue weighted by Gasteiger charge is 2.05. The fourth-order valence-corrected chi connectivity index (χ4v) is 2.04. The Hall–Kier alpha value is -1.80.